The van der Waals surface area contributed by atoms with Crippen LogP contribution in [0.5, 0.6) is 11.5 Å². The van der Waals surface area contributed by atoms with E-state index in [0.717, 1.165) is 12.1 Å². The van der Waals surface area contributed by atoms with Gasteiger partial charge in [0.15, 0.2) is 0 Å². The summed E-state index contributed by atoms with van der Waals surface area (Å²) in [4.78, 5) is 71.3. The SMILES string of the molecule is COC(=O)N1C(=O)C2CC=C3C(CC4C(=O)N(Nc5ccc(Cl)cc5Cl)C(=O)C4(c4ccc(OC)cc4)C3c3ccc(O)c4ccccc34)C2C1=O. The maximum atomic E-state index is 15.5. The molecule has 0 radical (unpaired) electrons. The number of likely N-dealkylation sites (tertiary alicyclic amines) is 1. The topological polar surface area (TPSA) is 143 Å². The normalized spacial score (nSPS) is 26.5. The summed E-state index contributed by atoms with van der Waals surface area (Å²) in [5.74, 6) is -6.44. The number of nitrogens with zero attached hydrogens (tertiary/aromatic N) is 2. The van der Waals surface area contributed by atoms with E-state index in [4.69, 9.17) is 32.7 Å². The highest BCUT2D eigenvalue weighted by molar-refractivity contribution is 6.36. The van der Waals surface area contributed by atoms with Crippen LogP contribution >= 0.6 is 23.2 Å². The van der Waals surface area contributed by atoms with E-state index in [1.54, 1.807) is 60.7 Å². The van der Waals surface area contributed by atoms with Crippen LogP contribution in [0.2, 0.25) is 10.0 Å². The molecule has 8 rings (SSSR count). The number of anilines is 1. The Morgan fingerprint density at radius 3 is 2.31 bits per heavy atom. The Hall–Kier alpha value is -5.39. The van der Waals surface area contributed by atoms with Gasteiger partial charge in [-0.2, -0.15) is 9.91 Å². The molecule has 11 nitrogen and oxygen atoms in total. The van der Waals surface area contributed by atoms with Crippen molar-refractivity contribution in [1.29, 1.82) is 0 Å². The van der Waals surface area contributed by atoms with Crippen molar-refractivity contribution in [2.24, 2.45) is 23.7 Å². The van der Waals surface area contributed by atoms with Crippen LogP contribution in [0.1, 0.15) is 29.9 Å². The van der Waals surface area contributed by atoms with E-state index in [-0.39, 0.29) is 29.3 Å². The fourth-order valence-corrected chi connectivity index (χ4v) is 9.47. The number of phenolic OH excluding ortho intramolecular Hbond substituents is 1. The molecule has 0 spiro atoms. The Balaban J connectivity index is 1.40. The number of halogens is 2. The summed E-state index contributed by atoms with van der Waals surface area (Å²) in [7, 11) is 2.63. The smallest absolute Gasteiger partial charge is 0.423 e. The summed E-state index contributed by atoms with van der Waals surface area (Å²) in [6.45, 7) is 0. The van der Waals surface area contributed by atoms with E-state index in [0.29, 0.717) is 43.1 Å². The minimum absolute atomic E-state index is 0.0106. The number of carbonyl (C=O) groups excluding carboxylic acids is 5. The largest absolute Gasteiger partial charge is 0.507 e. The van der Waals surface area contributed by atoms with Crippen LogP contribution in [0.3, 0.4) is 0 Å². The van der Waals surface area contributed by atoms with Crippen LogP contribution < -0.4 is 10.2 Å². The molecule has 4 aliphatic rings. The molecule has 52 heavy (non-hydrogen) atoms. The summed E-state index contributed by atoms with van der Waals surface area (Å²) < 4.78 is 10.3. The van der Waals surface area contributed by atoms with Crippen molar-refractivity contribution in [3.8, 4) is 11.5 Å². The average molecular weight is 741 g/mol. The molecule has 5 amide bonds. The first-order chi connectivity index (χ1) is 25.0. The quantitative estimate of drug-likeness (QED) is 0.171. The summed E-state index contributed by atoms with van der Waals surface area (Å²) in [5.41, 5.74) is 3.49. The molecule has 2 N–H and O–H groups in total. The number of amides is 5. The molecule has 3 fully saturated rings. The van der Waals surface area contributed by atoms with Crippen molar-refractivity contribution >= 4 is 69.4 Å². The molecule has 0 bridgehead atoms. The number of hydrogen-bond acceptors (Lipinski definition) is 9. The number of imide groups is 4. The predicted octanol–water partition coefficient (Wildman–Crippen LogP) is 6.61. The number of carbonyl (C=O) groups is 5. The first-order valence-corrected chi connectivity index (χ1v) is 17.4. The predicted molar refractivity (Wildman–Crippen MR) is 190 cm³/mol. The molecule has 2 saturated heterocycles. The lowest BCUT2D eigenvalue weighted by molar-refractivity contribution is -0.140. The van der Waals surface area contributed by atoms with E-state index >= 15 is 4.79 Å². The maximum absolute atomic E-state index is 15.5. The Bertz CT molecular complexity index is 2260. The van der Waals surface area contributed by atoms with E-state index in [2.05, 4.69) is 5.43 Å². The van der Waals surface area contributed by atoms with Crippen LogP contribution in [0, 0.1) is 23.7 Å². The molecule has 264 valence electrons. The Kier molecular flexibility index (Phi) is 8.03. The van der Waals surface area contributed by atoms with Gasteiger partial charge in [-0.25, -0.2) is 4.79 Å². The second-order valence-corrected chi connectivity index (χ2v) is 14.3. The summed E-state index contributed by atoms with van der Waals surface area (Å²) in [5, 5.41) is 13.7. The zero-order valence-corrected chi connectivity index (χ0v) is 29.4. The highest BCUT2D eigenvalue weighted by Gasteiger charge is 2.70. The average Bonchev–Trinajstić information content (AvgIpc) is 3.53. The van der Waals surface area contributed by atoms with Crippen molar-refractivity contribution in [2.45, 2.75) is 24.2 Å². The van der Waals surface area contributed by atoms with Crippen LogP contribution in [0.15, 0.2) is 90.5 Å². The zero-order chi connectivity index (χ0) is 36.6. The van der Waals surface area contributed by atoms with Gasteiger partial charge >= 0.3 is 6.09 Å². The van der Waals surface area contributed by atoms with Crippen molar-refractivity contribution in [3.63, 3.8) is 0 Å². The molecular weight excluding hydrogens is 709 g/mol. The van der Waals surface area contributed by atoms with Crippen LogP contribution in [-0.2, 0) is 29.3 Å². The highest BCUT2D eigenvalue weighted by atomic mass is 35.5. The number of phenols is 1. The van der Waals surface area contributed by atoms with E-state index in [1.165, 1.54) is 13.2 Å². The van der Waals surface area contributed by atoms with E-state index in [9.17, 15) is 24.3 Å². The monoisotopic (exact) mass is 739 g/mol. The Labute approximate surface area is 307 Å². The summed E-state index contributed by atoms with van der Waals surface area (Å²) in [6, 6.07) is 22.1. The van der Waals surface area contributed by atoms with Crippen molar-refractivity contribution in [1.82, 2.24) is 9.91 Å². The van der Waals surface area contributed by atoms with Gasteiger partial charge in [0.2, 0.25) is 11.8 Å². The number of methoxy groups -OCH3 is 2. The fraction of sp³-hybridized carbons (Fsp3) is 0.256. The minimum Gasteiger partial charge on any atom is -0.507 e. The molecule has 2 aliphatic heterocycles. The minimum atomic E-state index is -1.60. The molecule has 13 heteroatoms. The van der Waals surface area contributed by atoms with Crippen LogP contribution in [-0.4, -0.2) is 59.0 Å². The molecule has 0 aromatic heterocycles. The third-order valence-electron chi connectivity index (χ3n) is 11.2. The Morgan fingerprint density at radius 2 is 1.62 bits per heavy atom. The molecule has 2 aliphatic carbocycles. The number of rotatable bonds is 5. The van der Waals surface area contributed by atoms with Gasteiger partial charge in [-0.3, -0.25) is 24.6 Å². The lowest BCUT2D eigenvalue weighted by atomic mass is 9.49. The molecule has 6 unspecified atom stereocenters. The standard InChI is InChI=1S/C39H31Cl2N3O8/c1-51-21-10-7-19(8-11-21)39-28(35(47)44(37(39)49)42-30-15-9-20(40)17-29(30)41)18-27-25(12-13-26-32(27)36(48)43(34(26)46)38(50)52-2)33(39)24-14-16-31(45)23-6-4-3-5-22(23)24/h3-12,14-17,26-28,32-33,42,45H,13,18H2,1-2H3. The zero-order valence-electron chi connectivity index (χ0n) is 27.8. The van der Waals surface area contributed by atoms with Gasteiger partial charge in [0.05, 0.1) is 48.1 Å². The molecule has 2 heterocycles. The number of ether oxygens (including phenoxy) is 2. The van der Waals surface area contributed by atoms with Gasteiger partial charge in [0.25, 0.3) is 11.8 Å². The lowest BCUT2D eigenvalue weighted by Gasteiger charge is -2.51. The number of hydrazine groups is 1. The molecular formula is C39H31Cl2N3O8. The first-order valence-electron chi connectivity index (χ1n) is 16.6. The molecule has 4 aromatic carbocycles. The first kappa shape index (κ1) is 33.7. The molecule has 4 aromatic rings. The van der Waals surface area contributed by atoms with Gasteiger partial charge < -0.3 is 14.6 Å². The third-order valence-corrected chi connectivity index (χ3v) is 11.7. The highest BCUT2D eigenvalue weighted by Crippen LogP contribution is 2.65. The van der Waals surface area contributed by atoms with Gasteiger partial charge in [0.1, 0.15) is 11.5 Å². The number of hydrogen-bond donors (Lipinski definition) is 2. The summed E-state index contributed by atoms with van der Waals surface area (Å²) >= 11 is 12.7. The van der Waals surface area contributed by atoms with Gasteiger partial charge in [-0.05, 0) is 71.7 Å². The van der Waals surface area contributed by atoms with Crippen molar-refractivity contribution < 1.29 is 38.6 Å². The van der Waals surface area contributed by atoms with E-state index < -0.39 is 64.7 Å². The molecule has 1 saturated carbocycles. The number of aromatic hydroxyl groups is 1. The number of allylic oxidation sites excluding steroid dienone is 2. The second kappa shape index (κ2) is 12.4. The Morgan fingerprint density at radius 1 is 0.885 bits per heavy atom. The summed E-state index contributed by atoms with van der Waals surface area (Å²) in [6.07, 6.45) is 0.943. The maximum Gasteiger partial charge on any atom is 0.423 e. The number of fused-ring (bicyclic) bond motifs is 5. The van der Waals surface area contributed by atoms with Crippen LogP contribution in [0.4, 0.5) is 10.5 Å². The number of nitrogens with one attached hydrogen (secondary N) is 1. The van der Waals surface area contributed by atoms with Gasteiger partial charge in [0, 0.05) is 16.3 Å². The van der Waals surface area contributed by atoms with Crippen molar-refractivity contribution in [2.75, 3.05) is 19.6 Å². The number of benzene rings is 4. The lowest BCUT2D eigenvalue weighted by Crippen LogP contribution is -2.53. The third kappa shape index (κ3) is 4.68. The van der Waals surface area contributed by atoms with E-state index in [1.807, 2.05) is 18.2 Å². The molecule has 6 atom stereocenters. The van der Waals surface area contributed by atoms with Gasteiger partial charge in [-0.1, -0.05) is 77.3 Å². The fourth-order valence-electron chi connectivity index (χ4n) is 9.02. The van der Waals surface area contributed by atoms with Gasteiger partial charge in [-0.15, -0.1) is 0 Å². The van der Waals surface area contributed by atoms with Crippen molar-refractivity contribution in [3.05, 3.63) is 112 Å². The second-order valence-electron chi connectivity index (χ2n) is 13.4. The van der Waals surface area contributed by atoms with Crippen LogP contribution in [0.25, 0.3) is 10.8 Å².